The van der Waals surface area contributed by atoms with Gasteiger partial charge >= 0.3 is 0 Å². The van der Waals surface area contributed by atoms with Crippen LogP contribution in [0.2, 0.25) is 0 Å². The summed E-state index contributed by atoms with van der Waals surface area (Å²) in [5.74, 6) is 8.77. The highest BCUT2D eigenvalue weighted by Crippen LogP contribution is 2.39. The van der Waals surface area contributed by atoms with Gasteiger partial charge < -0.3 is 10.2 Å². The average Bonchev–Trinajstić information content (AvgIpc) is 3.19. The van der Waals surface area contributed by atoms with Gasteiger partial charge in [0.25, 0.3) is 0 Å². The van der Waals surface area contributed by atoms with Crippen LogP contribution < -0.4 is 16.0 Å². The minimum absolute atomic E-state index is 0.511. The van der Waals surface area contributed by atoms with Gasteiger partial charge in [-0.1, -0.05) is 0 Å². The molecule has 1 aromatic rings. The van der Waals surface area contributed by atoms with Crippen molar-refractivity contribution >= 4 is 5.82 Å². The minimum Gasteiger partial charge on any atom is -0.477 e. The molecule has 0 unspecified atom stereocenters. The van der Waals surface area contributed by atoms with E-state index < -0.39 is 0 Å². The molecule has 0 bridgehead atoms. The number of hydrazine groups is 1. The highest BCUT2D eigenvalue weighted by molar-refractivity contribution is 5.38. The number of aromatic nitrogens is 2. The normalized spacial score (nSPS) is 19.6. The van der Waals surface area contributed by atoms with Crippen molar-refractivity contribution in [3.05, 3.63) is 11.9 Å². The number of hydrogen-bond donors (Lipinski definition) is 2. The minimum atomic E-state index is 0.511. The summed E-state index contributed by atoms with van der Waals surface area (Å²) in [4.78, 5) is 8.74. The lowest BCUT2D eigenvalue weighted by atomic mass is 10.4. The number of nitrogens with two attached hydrogens (primary N) is 1. The Morgan fingerprint density at radius 3 is 2.75 bits per heavy atom. The van der Waals surface area contributed by atoms with Crippen LogP contribution in [0.3, 0.4) is 0 Å². The van der Waals surface area contributed by atoms with E-state index in [2.05, 4.69) is 15.4 Å². The first kappa shape index (κ1) is 9.84. The summed E-state index contributed by atoms with van der Waals surface area (Å²) < 4.78 is 5.64. The molecule has 2 saturated carbocycles. The molecule has 3 rings (SSSR count). The van der Waals surface area contributed by atoms with E-state index in [9.17, 15) is 0 Å². The Labute approximate surface area is 94.4 Å². The number of nitrogens with one attached hydrogen (secondary N) is 1. The van der Waals surface area contributed by atoms with Gasteiger partial charge in [0, 0.05) is 12.0 Å². The van der Waals surface area contributed by atoms with Crippen LogP contribution >= 0.6 is 0 Å². The smallest absolute Gasteiger partial charge is 0.218 e. The number of nitrogens with zero attached hydrogens (tertiary/aromatic N) is 2. The number of rotatable bonds is 5. The third-order valence-corrected chi connectivity index (χ3v) is 2.97. The predicted molar refractivity (Wildman–Crippen MR) is 60.0 cm³/mol. The largest absolute Gasteiger partial charge is 0.477 e. The molecule has 86 valence electrons. The molecule has 3 N–H and O–H groups in total. The molecule has 0 aromatic carbocycles. The molecule has 2 aliphatic rings. The summed E-state index contributed by atoms with van der Waals surface area (Å²) in [5, 5.41) is 0. The van der Waals surface area contributed by atoms with Gasteiger partial charge in [0.1, 0.15) is 11.6 Å². The lowest BCUT2D eigenvalue weighted by Gasteiger charge is -2.08. The Morgan fingerprint density at radius 2 is 2.12 bits per heavy atom. The standard InChI is InChI=1S/C11H16N4O/c12-15-9-5-10(16-6-7-1-2-7)14-11(13-9)8-3-4-8/h5,7-8H,1-4,6,12H2,(H,13,14,15). The van der Waals surface area contributed by atoms with Gasteiger partial charge in [-0.2, -0.15) is 4.98 Å². The van der Waals surface area contributed by atoms with E-state index in [1.54, 1.807) is 6.07 Å². The number of ether oxygens (including phenoxy) is 1. The van der Waals surface area contributed by atoms with Crippen LogP contribution in [0.1, 0.15) is 37.4 Å². The molecule has 1 heterocycles. The van der Waals surface area contributed by atoms with Crippen LogP contribution in [0, 0.1) is 5.92 Å². The zero-order valence-corrected chi connectivity index (χ0v) is 9.15. The van der Waals surface area contributed by atoms with Crippen molar-refractivity contribution in [1.82, 2.24) is 9.97 Å². The second-order valence-electron chi connectivity index (χ2n) is 4.62. The topological polar surface area (TPSA) is 73.1 Å². The Kier molecular flexibility index (Phi) is 2.40. The quantitative estimate of drug-likeness (QED) is 0.580. The fourth-order valence-electron chi connectivity index (χ4n) is 1.60. The van der Waals surface area contributed by atoms with E-state index in [1.807, 2.05) is 0 Å². The molecule has 16 heavy (non-hydrogen) atoms. The van der Waals surface area contributed by atoms with Gasteiger partial charge in [0.15, 0.2) is 0 Å². The monoisotopic (exact) mass is 220 g/mol. The van der Waals surface area contributed by atoms with E-state index in [0.717, 1.165) is 18.3 Å². The maximum absolute atomic E-state index is 5.64. The molecule has 0 aliphatic heterocycles. The maximum Gasteiger partial charge on any atom is 0.218 e. The van der Waals surface area contributed by atoms with E-state index in [-0.39, 0.29) is 0 Å². The summed E-state index contributed by atoms with van der Waals surface area (Å²) in [7, 11) is 0. The van der Waals surface area contributed by atoms with Gasteiger partial charge in [-0.25, -0.2) is 10.8 Å². The van der Waals surface area contributed by atoms with Crippen LogP contribution in [0.5, 0.6) is 5.88 Å². The molecule has 2 fully saturated rings. The number of hydrogen-bond acceptors (Lipinski definition) is 5. The summed E-state index contributed by atoms with van der Waals surface area (Å²) in [6, 6.07) is 1.76. The second-order valence-corrected chi connectivity index (χ2v) is 4.62. The summed E-state index contributed by atoms with van der Waals surface area (Å²) in [6.45, 7) is 0.769. The Hall–Kier alpha value is -1.36. The molecule has 5 nitrogen and oxygen atoms in total. The lowest BCUT2D eigenvalue weighted by molar-refractivity contribution is 0.287. The molecule has 0 spiro atoms. The zero-order valence-electron chi connectivity index (χ0n) is 9.15. The first-order valence-electron chi connectivity index (χ1n) is 5.83. The Balaban J connectivity index is 1.75. The van der Waals surface area contributed by atoms with Crippen molar-refractivity contribution < 1.29 is 4.74 Å². The molecular weight excluding hydrogens is 204 g/mol. The predicted octanol–water partition coefficient (Wildman–Crippen LogP) is 1.43. The van der Waals surface area contributed by atoms with Gasteiger partial charge in [-0.3, -0.25) is 0 Å². The van der Waals surface area contributed by atoms with Crippen LogP contribution in [0.4, 0.5) is 5.82 Å². The highest BCUT2D eigenvalue weighted by Gasteiger charge is 2.28. The van der Waals surface area contributed by atoms with Crippen molar-refractivity contribution in [3.8, 4) is 5.88 Å². The lowest BCUT2D eigenvalue weighted by Crippen LogP contribution is -2.11. The van der Waals surface area contributed by atoms with Gasteiger partial charge in [-0.15, -0.1) is 0 Å². The van der Waals surface area contributed by atoms with Gasteiger partial charge in [0.2, 0.25) is 5.88 Å². The maximum atomic E-state index is 5.64. The third kappa shape index (κ3) is 2.24. The van der Waals surface area contributed by atoms with Crippen molar-refractivity contribution in [2.24, 2.45) is 11.8 Å². The van der Waals surface area contributed by atoms with Crippen LogP contribution in [-0.4, -0.2) is 16.6 Å². The summed E-state index contributed by atoms with van der Waals surface area (Å²) in [6.07, 6.45) is 4.91. The SMILES string of the molecule is NNc1cc(OCC2CC2)nc(C2CC2)n1. The molecular formula is C11H16N4O. The summed E-state index contributed by atoms with van der Waals surface area (Å²) >= 11 is 0. The van der Waals surface area contributed by atoms with Gasteiger partial charge in [-0.05, 0) is 31.6 Å². The molecule has 0 saturated heterocycles. The highest BCUT2D eigenvalue weighted by atomic mass is 16.5. The summed E-state index contributed by atoms with van der Waals surface area (Å²) in [5.41, 5.74) is 2.56. The average molecular weight is 220 g/mol. The molecule has 0 radical (unpaired) electrons. The van der Waals surface area contributed by atoms with Crippen molar-refractivity contribution in [1.29, 1.82) is 0 Å². The van der Waals surface area contributed by atoms with Crippen molar-refractivity contribution in [3.63, 3.8) is 0 Å². The zero-order chi connectivity index (χ0) is 11.0. The molecule has 5 heteroatoms. The first-order chi connectivity index (χ1) is 7.85. The van der Waals surface area contributed by atoms with Crippen LogP contribution in [-0.2, 0) is 0 Å². The van der Waals surface area contributed by atoms with Crippen molar-refractivity contribution in [2.45, 2.75) is 31.6 Å². The second kappa shape index (κ2) is 3.90. The molecule has 1 aromatic heterocycles. The van der Waals surface area contributed by atoms with E-state index >= 15 is 0 Å². The van der Waals surface area contributed by atoms with Crippen LogP contribution in [0.15, 0.2) is 6.07 Å². The molecule has 0 amide bonds. The third-order valence-electron chi connectivity index (χ3n) is 2.97. The van der Waals surface area contributed by atoms with Crippen LogP contribution in [0.25, 0.3) is 0 Å². The Bertz CT molecular complexity index is 388. The fourth-order valence-corrected chi connectivity index (χ4v) is 1.60. The van der Waals surface area contributed by atoms with E-state index in [4.69, 9.17) is 10.6 Å². The first-order valence-corrected chi connectivity index (χ1v) is 5.83. The molecule has 0 atom stereocenters. The van der Waals surface area contributed by atoms with E-state index in [1.165, 1.54) is 25.7 Å². The number of anilines is 1. The molecule has 2 aliphatic carbocycles. The van der Waals surface area contributed by atoms with E-state index in [0.29, 0.717) is 17.6 Å². The fraction of sp³-hybridized carbons (Fsp3) is 0.636. The van der Waals surface area contributed by atoms with Crippen molar-refractivity contribution in [2.75, 3.05) is 12.0 Å². The van der Waals surface area contributed by atoms with Gasteiger partial charge in [0.05, 0.1) is 6.61 Å². The Morgan fingerprint density at radius 1 is 1.31 bits per heavy atom. The number of nitrogen functional groups attached to an aromatic ring is 1.